The quantitative estimate of drug-likeness (QED) is 0.734. The number of hydrogen-bond acceptors (Lipinski definition) is 4. The average Bonchev–Trinajstić information content (AvgIpc) is 2.16. The van der Waals surface area contributed by atoms with Crippen LogP contribution in [0.3, 0.4) is 0 Å². The molecule has 0 aromatic heterocycles. The number of ether oxygens (including phenoxy) is 1. The monoisotopic (exact) mass is 225 g/mol. The lowest BCUT2D eigenvalue weighted by Crippen LogP contribution is -2.41. The molecule has 4 nitrogen and oxygen atoms in total. The van der Waals surface area contributed by atoms with Gasteiger partial charge in [0.2, 0.25) is 0 Å². The Labute approximate surface area is 95.9 Å². The maximum atomic E-state index is 12.0. The van der Waals surface area contributed by atoms with Gasteiger partial charge in [-0.25, -0.2) is 0 Å². The molecule has 2 aliphatic rings. The summed E-state index contributed by atoms with van der Waals surface area (Å²) in [6.45, 7) is 6.69. The number of morpholine rings is 1. The van der Waals surface area contributed by atoms with Gasteiger partial charge in [0.1, 0.15) is 11.5 Å². The van der Waals surface area contributed by atoms with Crippen LogP contribution in [0.15, 0.2) is 11.5 Å². The van der Waals surface area contributed by atoms with Crippen LogP contribution >= 0.6 is 0 Å². The van der Waals surface area contributed by atoms with Crippen molar-refractivity contribution < 1.29 is 14.6 Å². The number of carbonyl (C=O) groups excluding carboxylic acids is 1. The number of rotatable bonds is 1. The van der Waals surface area contributed by atoms with Gasteiger partial charge in [-0.1, -0.05) is 13.8 Å². The highest BCUT2D eigenvalue weighted by Gasteiger charge is 2.35. The molecule has 0 bridgehead atoms. The molecule has 0 aromatic rings. The SMILES string of the molecule is CC1(C)CC(=O)C(N2CCOCC2)=C(O)C1. The summed E-state index contributed by atoms with van der Waals surface area (Å²) in [7, 11) is 0. The van der Waals surface area contributed by atoms with Crippen LogP contribution in [0.1, 0.15) is 26.7 Å². The average molecular weight is 225 g/mol. The Morgan fingerprint density at radius 3 is 2.44 bits per heavy atom. The van der Waals surface area contributed by atoms with Gasteiger partial charge in [0.05, 0.1) is 13.2 Å². The first kappa shape index (κ1) is 11.5. The Bertz CT molecular complexity index is 327. The van der Waals surface area contributed by atoms with Crippen LogP contribution in [0, 0.1) is 5.41 Å². The molecule has 0 atom stereocenters. The molecule has 90 valence electrons. The standard InChI is InChI=1S/C12H19NO3/c1-12(2)7-9(14)11(10(15)8-12)13-3-5-16-6-4-13/h14H,3-8H2,1-2H3. The van der Waals surface area contributed by atoms with Crippen molar-refractivity contribution in [2.45, 2.75) is 26.7 Å². The molecule has 0 amide bonds. The summed E-state index contributed by atoms with van der Waals surface area (Å²) in [5.74, 6) is 0.318. The molecule has 1 aliphatic carbocycles. The number of Topliss-reactive ketones (excluding diaryl/α,β-unsaturated/α-hetero) is 1. The van der Waals surface area contributed by atoms with E-state index in [1.165, 1.54) is 0 Å². The van der Waals surface area contributed by atoms with Crippen LogP contribution in [0.2, 0.25) is 0 Å². The molecule has 0 unspecified atom stereocenters. The van der Waals surface area contributed by atoms with Gasteiger partial charge in [-0.2, -0.15) is 0 Å². The molecule has 16 heavy (non-hydrogen) atoms. The van der Waals surface area contributed by atoms with Crippen molar-refractivity contribution in [1.82, 2.24) is 4.90 Å². The van der Waals surface area contributed by atoms with E-state index in [-0.39, 0.29) is 17.0 Å². The highest BCUT2D eigenvalue weighted by atomic mass is 16.5. The Morgan fingerprint density at radius 2 is 1.88 bits per heavy atom. The van der Waals surface area contributed by atoms with Crippen molar-refractivity contribution >= 4 is 5.78 Å². The largest absolute Gasteiger partial charge is 0.510 e. The second kappa shape index (κ2) is 4.09. The number of carbonyl (C=O) groups is 1. The molecule has 0 spiro atoms. The number of aliphatic hydroxyl groups is 1. The van der Waals surface area contributed by atoms with Crippen molar-refractivity contribution in [2.75, 3.05) is 26.3 Å². The maximum absolute atomic E-state index is 12.0. The number of allylic oxidation sites excluding steroid dienone is 2. The Morgan fingerprint density at radius 1 is 1.25 bits per heavy atom. The van der Waals surface area contributed by atoms with E-state index in [0.717, 1.165) is 0 Å². The Balaban J connectivity index is 2.21. The molecule has 2 rings (SSSR count). The second-order valence-corrected chi connectivity index (χ2v) is 5.34. The van der Waals surface area contributed by atoms with Crippen LogP contribution in [-0.2, 0) is 9.53 Å². The second-order valence-electron chi connectivity index (χ2n) is 5.34. The number of aliphatic hydroxyl groups excluding tert-OH is 1. The van der Waals surface area contributed by atoms with Gasteiger partial charge in [-0.15, -0.1) is 0 Å². The highest BCUT2D eigenvalue weighted by Crippen LogP contribution is 2.36. The molecule has 0 radical (unpaired) electrons. The van der Waals surface area contributed by atoms with Gasteiger partial charge in [-0.05, 0) is 5.41 Å². The minimum atomic E-state index is -0.114. The highest BCUT2D eigenvalue weighted by molar-refractivity contribution is 5.96. The van der Waals surface area contributed by atoms with E-state index in [1.54, 1.807) is 0 Å². The molecule has 1 N–H and O–H groups in total. The lowest BCUT2D eigenvalue weighted by atomic mass is 9.78. The van der Waals surface area contributed by atoms with E-state index >= 15 is 0 Å². The first-order valence-corrected chi connectivity index (χ1v) is 5.78. The summed E-state index contributed by atoms with van der Waals surface area (Å²) in [5, 5.41) is 10.0. The first-order chi connectivity index (χ1) is 7.49. The Kier molecular flexibility index (Phi) is 2.93. The third kappa shape index (κ3) is 2.21. The third-order valence-electron chi connectivity index (χ3n) is 3.15. The topological polar surface area (TPSA) is 49.8 Å². The Hall–Kier alpha value is -1.03. The van der Waals surface area contributed by atoms with Gasteiger partial charge < -0.3 is 14.7 Å². The molecule has 1 saturated heterocycles. The van der Waals surface area contributed by atoms with Crippen molar-refractivity contribution in [1.29, 1.82) is 0 Å². The molecule has 0 saturated carbocycles. The van der Waals surface area contributed by atoms with Crippen molar-refractivity contribution in [3.63, 3.8) is 0 Å². The van der Waals surface area contributed by atoms with Crippen LogP contribution in [0.5, 0.6) is 0 Å². The van der Waals surface area contributed by atoms with Crippen LogP contribution in [0.4, 0.5) is 0 Å². The zero-order valence-electron chi connectivity index (χ0n) is 9.95. The smallest absolute Gasteiger partial charge is 0.182 e. The lowest BCUT2D eigenvalue weighted by Gasteiger charge is -2.36. The van der Waals surface area contributed by atoms with E-state index in [0.29, 0.717) is 44.8 Å². The summed E-state index contributed by atoms with van der Waals surface area (Å²) < 4.78 is 5.24. The van der Waals surface area contributed by atoms with E-state index in [1.807, 2.05) is 18.7 Å². The minimum Gasteiger partial charge on any atom is -0.510 e. The van der Waals surface area contributed by atoms with Crippen molar-refractivity contribution in [2.24, 2.45) is 5.41 Å². The zero-order chi connectivity index (χ0) is 11.8. The number of hydrogen-bond donors (Lipinski definition) is 1. The minimum absolute atomic E-state index is 0.0654. The molecular formula is C12H19NO3. The van der Waals surface area contributed by atoms with Gasteiger partial charge in [0.15, 0.2) is 5.78 Å². The summed E-state index contributed by atoms with van der Waals surface area (Å²) in [4.78, 5) is 14.0. The van der Waals surface area contributed by atoms with E-state index in [4.69, 9.17) is 4.74 Å². The van der Waals surface area contributed by atoms with Gasteiger partial charge >= 0.3 is 0 Å². The predicted octanol–water partition coefficient (Wildman–Crippen LogP) is 1.48. The van der Waals surface area contributed by atoms with E-state index in [2.05, 4.69) is 0 Å². The molecular weight excluding hydrogens is 206 g/mol. The van der Waals surface area contributed by atoms with E-state index < -0.39 is 0 Å². The fourth-order valence-electron chi connectivity index (χ4n) is 2.42. The van der Waals surface area contributed by atoms with Crippen LogP contribution < -0.4 is 0 Å². The summed E-state index contributed by atoms with van der Waals surface area (Å²) in [6.07, 6.45) is 1.11. The molecule has 1 aliphatic heterocycles. The molecule has 4 heteroatoms. The van der Waals surface area contributed by atoms with Gasteiger partial charge in [-0.3, -0.25) is 4.79 Å². The lowest BCUT2D eigenvalue weighted by molar-refractivity contribution is -0.121. The van der Waals surface area contributed by atoms with Crippen molar-refractivity contribution in [3.05, 3.63) is 11.5 Å². The van der Waals surface area contributed by atoms with Gasteiger partial charge in [0.25, 0.3) is 0 Å². The molecule has 1 fully saturated rings. The van der Waals surface area contributed by atoms with Crippen molar-refractivity contribution in [3.8, 4) is 0 Å². The normalized spacial score (nSPS) is 26.1. The first-order valence-electron chi connectivity index (χ1n) is 5.78. The fraction of sp³-hybridized carbons (Fsp3) is 0.750. The zero-order valence-corrected chi connectivity index (χ0v) is 9.95. The third-order valence-corrected chi connectivity index (χ3v) is 3.15. The summed E-state index contributed by atoms with van der Waals surface area (Å²) in [5.41, 5.74) is 0.416. The molecule has 0 aromatic carbocycles. The summed E-state index contributed by atoms with van der Waals surface area (Å²) >= 11 is 0. The fourth-order valence-corrected chi connectivity index (χ4v) is 2.42. The maximum Gasteiger partial charge on any atom is 0.182 e. The number of nitrogens with zero attached hydrogens (tertiary/aromatic N) is 1. The predicted molar refractivity (Wildman–Crippen MR) is 60.1 cm³/mol. The van der Waals surface area contributed by atoms with Crippen LogP contribution in [0.25, 0.3) is 0 Å². The van der Waals surface area contributed by atoms with Gasteiger partial charge in [0, 0.05) is 25.9 Å². The number of ketones is 1. The van der Waals surface area contributed by atoms with E-state index in [9.17, 15) is 9.90 Å². The molecule has 1 heterocycles. The summed E-state index contributed by atoms with van der Waals surface area (Å²) in [6, 6.07) is 0. The van der Waals surface area contributed by atoms with Crippen LogP contribution in [-0.4, -0.2) is 42.1 Å².